The molecule has 0 unspecified atom stereocenters. The first kappa shape index (κ1) is 36.7. The molecule has 1 amide bonds. The maximum atomic E-state index is 14.9. The summed E-state index contributed by atoms with van der Waals surface area (Å²) in [7, 11) is 0. The minimum Gasteiger partial charge on any atom is -0.452 e. The zero-order chi connectivity index (χ0) is 38.3. The Balaban J connectivity index is 1.45. The van der Waals surface area contributed by atoms with E-state index in [1.54, 1.807) is 140 Å². The molecule has 1 saturated heterocycles. The molecule has 4 atom stereocenters. The molecule has 0 radical (unpaired) electrons. The van der Waals surface area contributed by atoms with Crippen LogP contribution in [-0.2, 0) is 14.2 Å². The van der Waals surface area contributed by atoms with Crippen molar-refractivity contribution in [3.63, 3.8) is 0 Å². The van der Waals surface area contributed by atoms with Crippen LogP contribution in [0.15, 0.2) is 168 Å². The summed E-state index contributed by atoms with van der Waals surface area (Å²) >= 11 is 6.42. The van der Waals surface area contributed by atoms with Crippen molar-refractivity contribution in [2.45, 2.75) is 24.5 Å². The highest BCUT2D eigenvalue weighted by atomic mass is 35.5. The van der Waals surface area contributed by atoms with Gasteiger partial charge in [-0.15, -0.1) is 11.6 Å². The number of hydrogen-bond donors (Lipinski definition) is 0. The molecule has 12 heteroatoms. The maximum Gasteiger partial charge on any atom is 0.339 e. The van der Waals surface area contributed by atoms with Crippen LogP contribution in [0.5, 0.6) is 0 Å². The Hall–Kier alpha value is -6.69. The van der Waals surface area contributed by atoms with Crippen molar-refractivity contribution in [1.82, 2.24) is 9.13 Å². The van der Waals surface area contributed by atoms with Gasteiger partial charge in [-0.3, -0.25) is 14.2 Å². The van der Waals surface area contributed by atoms with E-state index in [1.807, 2.05) is 0 Å². The van der Waals surface area contributed by atoms with Crippen molar-refractivity contribution < 1.29 is 33.4 Å². The summed E-state index contributed by atoms with van der Waals surface area (Å²) in [6.45, 7) is 0. The van der Waals surface area contributed by atoms with E-state index in [9.17, 15) is 24.0 Å². The summed E-state index contributed by atoms with van der Waals surface area (Å²) in [5.41, 5.74) is 0.205. The Morgan fingerprint density at radius 3 is 1.58 bits per heavy atom. The van der Waals surface area contributed by atoms with Gasteiger partial charge in [-0.25, -0.2) is 19.0 Å². The van der Waals surface area contributed by atoms with Crippen LogP contribution < -0.4 is 11.2 Å². The predicted octanol–water partition coefficient (Wildman–Crippen LogP) is 6.33. The lowest BCUT2D eigenvalue weighted by Crippen LogP contribution is -2.48. The van der Waals surface area contributed by atoms with E-state index in [2.05, 4.69) is 4.99 Å². The Morgan fingerprint density at radius 2 is 1.07 bits per heavy atom. The van der Waals surface area contributed by atoms with E-state index in [-0.39, 0.29) is 39.2 Å². The van der Waals surface area contributed by atoms with Crippen LogP contribution >= 0.6 is 11.6 Å². The molecule has 0 saturated carbocycles. The summed E-state index contributed by atoms with van der Waals surface area (Å²) in [6, 6.07) is 41.3. The molecule has 1 aromatic heterocycles. The quantitative estimate of drug-likeness (QED) is 0.124. The molecule has 1 aliphatic rings. The molecular formula is C43H32ClN3O8. The molecule has 6 aromatic rings. The van der Waals surface area contributed by atoms with Crippen molar-refractivity contribution >= 4 is 35.4 Å². The van der Waals surface area contributed by atoms with Gasteiger partial charge in [0, 0.05) is 22.9 Å². The highest BCUT2D eigenvalue weighted by molar-refractivity contribution is 6.18. The highest BCUT2D eigenvalue weighted by Gasteiger charge is 2.51. The number of ether oxygens (including phenoxy) is 3. The first-order valence-electron chi connectivity index (χ1n) is 17.2. The second-order valence-electron chi connectivity index (χ2n) is 12.4. The standard InChI is InChI=1S/C43H32ClN3O8/c44-26-34-35(54-41(50)31-22-12-4-13-23-31)36(55-42(51)32-24-14-5-15-25-32)40(53-34)46-27-33(28-16-6-1-7-17-28)37(45-38(48)29-18-8-2-9-19-29)47(43(46)52)39(49)30-20-10-3-11-21-30/h1-25,27,34-36,40H,26H2/t34-,35-,36+,40-/m1/s1. The van der Waals surface area contributed by atoms with Crippen molar-refractivity contribution in [3.8, 4) is 11.1 Å². The van der Waals surface area contributed by atoms with Gasteiger partial charge >= 0.3 is 17.6 Å². The molecule has 5 aromatic carbocycles. The van der Waals surface area contributed by atoms with E-state index in [4.69, 9.17) is 25.8 Å². The number of amides is 1. The lowest BCUT2D eigenvalue weighted by atomic mass is 10.1. The molecule has 7 rings (SSSR count). The third kappa shape index (κ3) is 7.84. The summed E-state index contributed by atoms with van der Waals surface area (Å²) in [4.78, 5) is 74.5. The summed E-state index contributed by atoms with van der Waals surface area (Å²) in [5.74, 6) is -3.27. The van der Waals surface area contributed by atoms with Crippen LogP contribution in [0.4, 0.5) is 0 Å². The van der Waals surface area contributed by atoms with Crippen LogP contribution in [-0.4, -0.2) is 57.1 Å². The zero-order valence-electron chi connectivity index (χ0n) is 29.0. The Kier molecular flexibility index (Phi) is 11.0. The van der Waals surface area contributed by atoms with Crippen LogP contribution in [0, 0.1) is 0 Å². The van der Waals surface area contributed by atoms with Crippen LogP contribution in [0.3, 0.4) is 0 Å². The molecule has 274 valence electrons. The van der Waals surface area contributed by atoms with Gasteiger partial charge < -0.3 is 14.2 Å². The third-order valence-electron chi connectivity index (χ3n) is 8.89. The number of carbonyl (C=O) groups excluding carboxylic acids is 4. The van der Waals surface area contributed by atoms with Gasteiger partial charge in [0.15, 0.2) is 23.9 Å². The number of esters is 2. The van der Waals surface area contributed by atoms with Crippen LogP contribution in [0.2, 0.25) is 0 Å². The maximum absolute atomic E-state index is 14.9. The molecule has 0 N–H and O–H groups in total. The fourth-order valence-electron chi connectivity index (χ4n) is 6.18. The second-order valence-corrected chi connectivity index (χ2v) is 12.7. The van der Waals surface area contributed by atoms with Gasteiger partial charge in [-0.2, -0.15) is 4.99 Å². The SMILES string of the molecule is O=C(N=c1c(-c2ccccc2)cn([C@@H]2O[C@H](CCl)[C@@H](OC(=O)c3ccccc3)[C@@H]2OC(=O)c2ccccc2)c(=O)n1C(=O)c1ccccc1)c1ccccc1. The van der Waals surface area contributed by atoms with Gasteiger partial charge in [0.2, 0.25) is 0 Å². The van der Waals surface area contributed by atoms with Crippen molar-refractivity contribution in [1.29, 1.82) is 0 Å². The summed E-state index contributed by atoms with van der Waals surface area (Å²) in [6.07, 6.45) is -3.96. The normalized spacial score (nSPS) is 18.0. The summed E-state index contributed by atoms with van der Waals surface area (Å²) < 4.78 is 20.2. The molecular weight excluding hydrogens is 722 g/mol. The third-order valence-corrected chi connectivity index (χ3v) is 9.19. The van der Waals surface area contributed by atoms with E-state index in [0.29, 0.717) is 5.56 Å². The minimum atomic E-state index is -1.49. The smallest absolute Gasteiger partial charge is 0.339 e. The van der Waals surface area contributed by atoms with Crippen molar-refractivity contribution in [3.05, 3.63) is 196 Å². The number of alkyl halides is 1. The molecule has 0 bridgehead atoms. The number of halogens is 1. The lowest BCUT2D eigenvalue weighted by Gasteiger charge is -2.26. The van der Waals surface area contributed by atoms with Gasteiger partial charge in [0.1, 0.15) is 6.10 Å². The largest absolute Gasteiger partial charge is 0.452 e. The molecule has 0 spiro atoms. The average Bonchev–Trinajstić information content (AvgIpc) is 3.57. The van der Waals surface area contributed by atoms with Gasteiger partial charge in [0.05, 0.1) is 17.0 Å². The molecule has 55 heavy (non-hydrogen) atoms. The lowest BCUT2D eigenvalue weighted by molar-refractivity contribution is -0.0511. The number of hydrogen-bond acceptors (Lipinski definition) is 8. The zero-order valence-corrected chi connectivity index (χ0v) is 29.8. The van der Waals surface area contributed by atoms with Crippen molar-refractivity contribution in [2.75, 3.05) is 5.88 Å². The van der Waals surface area contributed by atoms with Crippen molar-refractivity contribution in [2.24, 2.45) is 4.99 Å². The first-order chi connectivity index (χ1) is 26.8. The minimum absolute atomic E-state index is 0.123. The summed E-state index contributed by atoms with van der Waals surface area (Å²) in [5, 5.41) is 0. The first-order valence-corrected chi connectivity index (χ1v) is 17.8. The fourth-order valence-corrected chi connectivity index (χ4v) is 6.43. The second kappa shape index (κ2) is 16.5. The van der Waals surface area contributed by atoms with E-state index in [0.717, 1.165) is 9.13 Å². The topological polar surface area (TPSA) is 135 Å². The molecule has 1 fully saturated rings. The number of carbonyl (C=O) groups is 4. The van der Waals surface area contributed by atoms with E-state index < -0.39 is 54.0 Å². The predicted molar refractivity (Wildman–Crippen MR) is 203 cm³/mol. The van der Waals surface area contributed by atoms with Gasteiger partial charge in [-0.05, 0) is 54.1 Å². The van der Waals surface area contributed by atoms with Crippen LogP contribution in [0.1, 0.15) is 47.7 Å². The number of rotatable bonds is 9. The molecule has 11 nitrogen and oxygen atoms in total. The number of benzene rings is 5. The van der Waals surface area contributed by atoms with E-state index >= 15 is 0 Å². The van der Waals surface area contributed by atoms with Crippen LogP contribution in [0.25, 0.3) is 11.1 Å². The Labute approximate surface area is 319 Å². The molecule has 0 aliphatic carbocycles. The number of aromatic nitrogens is 2. The molecule has 1 aliphatic heterocycles. The van der Waals surface area contributed by atoms with E-state index in [1.165, 1.54) is 18.3 Å². The fraction of sp³-hybridized carbons (Fsp3) is 0.116. The number of nitrogens with zero attached hydrogens (tertiary/aromatic N) is 3. The van der Waals surface area contributed by atoms with Gasteiger partial charge in [-0.1, -0.05) is 103 Å². The highest BCUT2D eigenvalue weighted by Crippen LogP contribution is 2.35. The average molecular weight is 754 g/mol. The Morgan fingerprint density at radius 1 is 0.618 bits per heavy atom. The van der Waals surface area contributed by atoms with Gasteiger partial charge in [0.25, 0.3) is 11.8 Å². The Bertz CT molecular complexity index is 2460. The molecule has 2 heterocycles. The monoisotopic (exact) mass is 753 g/mol.